The molecule has 20 heavy (non-hydrogen) atoms. The lowest BCUT2D eigenvalue weighted by Crippen LogP contribution is -2.02. The van der Waals surface area contributed by atoms with E-state index >= 15 is 0 Å². The number of halogens is 2. The van der Waals surface area contributed by atoms with Crippen LogP contribution in [0.4, 0.5) is 0 Å². The third-order valence-electron chi connectivity index (χ3n) is 2.98. The highest BCUT2D eigenvalue weighted by Crippen LogP contribution is 2.29. The predicted molar refractivity (Wildman–Crippen MR) is 85.4 cm³/mol. The Labute approximate surface area is 132 Å². The van der Waals surface area contributed by atoms with E-state index in [4.69, 9.17) is 16.3 Å². The molecule has 0 aromatic heterocycles. The van der Waals surface area contributed by atoms with Crippen LogP contribution in [0.1, 0.15) is 24.2 Å². The molecule has 2 rings (SSSR count). The first-order valence-electron chi connectivity index (χ1n) is 6.45. The molecule has 0 spiro atoms. The van der Waals surface area contributed by atoms with Gasteiger partial charge in [-0.15, -0.1) is 0 Å². The summed E-state index contributed by atoms with van der Waals surface area (Å²) in [5.74, 6) is 0.787. The van der Waals surface area contributed by atoms with Gasteiger partial charge in [-0.2, -0.15) is 0 Å². The number of hydrogen-bond donors (Lipinski definition) is 1. The minimum absolute atomic E-state index is 0.553. The summed E-state index contributed by atoms with van der Waals surface area (Å²) in [7, 11) is 0. The number of aliphatic hydroxyl groups is 1. The van der Waals surface area contributed by atoms with Crippen LogP contribution in [0.15, 0.2) is 46.9 Å². The van der Waals surface area contributed by atoms with Crippen molar-refractivity contribution in [1.82, 2.24) is 0 Å². The molecule has 2 aromatic carbocycles. The predicted octanol–water partition coefficient (Wildman–Crippen LogP) is 4.78. The van der Waals surface area contributed by atoms with Gasteiger partial charge in [0.1, 0.15) is 5.75 Å². The van der Waals surface area contributed by atoms with E-state index in [-0.39, 0.29) is 0 Å². The molecule has 0 bridgehead atoms. The first-order valence-corrected chi connectivity index (χ1v) is 7.62. The Morgan fingerprint density at radius 2 is 1.90 bits per heavy atom. The Morgan fingerprint density at radius 1 is 1.20 bits per heavy atom. The number of aliphatic hydroxyl groups excluding tert-OH is 1. The van der Waals surface area contributed by atoms with Gasteiger partial charge in [0, 0.05) is 11.4 Å². The molecular formula is C16H16BrClO2. The highest BCUT2D eigenvalue weighted by molar-refractivity contribution is 9.10. The molecule has 4 heteroatoms. The van der Waals surface area contributed by atoms with Crippen LogP contribution >= 0.6 is 27.5 Å². The molecule has 0 fully saturated rings. The van der Waals surface area contributed by atoms with Crippen LogP contribution in [0.5, 0.6) is 5.75 Å². The van der Waals surface area contributed by atoms with Gasteiger partial charge in [-0.05, 0) is 58.2 Å². The third-order valence-corrected chi connectivity index (χ3v) is 3.85. The van der Waals surface area contributed by atoms with Crippen molar-refractivity contribution in [3.63, 3.8) is 0 Å². The Kier molecular flexibility index (Phi) is 5.46. The maximum absolute atomic E-state index is 10.3. The molecule has 0 heterocycles. The fourth-order valence-electron chi connectivity index (χ4n) is 1.96. The van der Waals surface area contributed by atoms with Crippen molar-refractivity contribution in [2.24, 2.45) is 0 Å². The molecule has 0 aliphatic rings. The molecule has 1 N–H and O–H groups in total. The maximum atomic E-state index is 10.3. The Hall–Kier alpha value is -1.03. The number of ether oxygens (including phenoxy) is 1. The molecule has 106 valence electrons. The molecule has 2 nitrogen and oxygen atoms in total. The highest BCUT2D eigenvalue weighted by atomic mass is 79.9. The molecule has 2 aromatic rings. The van der Waals surface area contributed by atoms with Gasteiger partial charge in [-0.3, -0.25) is 0 Å². The van der Waals surface area contributed by atoms with Gasteiger partial charge in [-0.1, -0.05) is 29.8 Å². The first-order chi connectivity index (χ1) is 9.60. The lowest BCUT2D eigenvalue weighted by molar-refractivity contribution is 0.178. The van der Waals surface area contributed by atoms with Crippen LogP contribution < -0.4 is 4.74 Å². The molecule has 0 radical (unpaired) electrons. The van der Waals surface area contributed by atoms with E-state index in [2.05, 4.69) is 15.9 Å². The molecule has 0 saturated carbocycles. The zero-order valence-corrected chi connectivity index (χ0v) is 13.5. The Bertz CT molecular complexity index is 569. The van der Waals surface area contributed by atoms with E-state index in [1.165, 1.54) is 0 Å². The quantitative estimate of drug-likeness (QED) is 0.836. The summed E-state index contributed by atoms with van der Waals surface area (Å²) in [4.78, 5) is 0. The molecular weight excluding hydrogens is 340 g/mol. The summed E-state index contributed by atoms with van der Waals surface area (Å²) in [6, 6.07) is 13.2. The van der Waals surface area contributed by atoms with Crippen LogP contribution in [-0.2, 0) is 6.42 Å². The summed E-state index contributed by atoms with van der Waals surface area (Å²) in [6.07, 6.45) is 0.000528. The van der Waals surface area contributed by atoms with E-state index in [0.717, 1.165) is 21.3 Å². The van der Waals surface area contributed by atoms with Gasteiger partial charge in [0.15, 0.2) is 0 Å². The summed E-state index contributed by atoms with van der Waals surface area (Å²) in [6.45, 7) is 2.56. The monoisotopic (exact) mass is 354 g/mol. The fraction of sp³-hybridized carbons (Fsp3) is 0.250. The van der Waals surface area contributed by atoms with Gasteiger partial charge in [-0.25, -0.2) is 0 Å². The van der Waals surface area contributed by atoms with Gasteiger partial charge >= 0.3 is 0 Å². The topological polar surface area (TPSA) is 29.5 Å². The van der Waals surface area contributed by atoms with Crippen LogP contribution in [0, 0.1) is 0 Å². The largest absolute Gasteiger partial charge is 0.493 e. The SMILES string of the molecule is CCOc1ccc(C(O)Cc2ccc(Cl)cc2)cc1Br. The molecule has 1 atom stereocenters. The minimum Gasteiger partial charge on any atom is -0.493 e. The lowest BCUT2D eigenvalue weighted by atomic mass is 10.0. The highest BCUT2D eigenvalue weighted by Gasteiger charge is 2.11. The Morgan fingerprint density at radius 3 is 2.50 bits per heavy atom. The minimum atomic E-state index is -0.553. The van der Waals surface area contributed by atoms with Gasteiger partial charge < -0.3 is 9.84 Å². The average Bonchev–Trinajstić information content (AvgIpc) is 2.44. The van der Waals surface area contributed by atoms with Gasteiger partial charge in [0.05, 0.1) is 17.2 Å². The second-order valence-corrected chi connectivity index (χ2v) is 5.76. The van der Waals surface area contributed by atoms with Crippen LogP contribution in [0.3, 0.4) is 0 Å². The zero-order valence-electron chi connectivity index (χ0n) is 11.1. The molecule has 0 amide bonds. The van der Waals surface area contributed by atoms with Crippen molar-refractivity contribution in [3.8, 4) is 5.75 Å². The standard InChI is InChI=1S/C16H16BrClO2/c1-2-20-16-8-5-12(10-14(16)17)15(19)9-11-3-6-13(18)7-4-11/h3-8,10,15,19H,2,9H2,1H3. The summed E-state index contributed by atoms with van der Waals surface area (Å²) < 4.78 is 6.31. The third kappa shape index (κ3) is 3.98. The second kappa shape index (κ2) is 7.11. The lowest BCUT2D eigenvalue weighted by Gasteiger charge is -2.13. The van der Waals surface area contributed by atoms with Gasteiger partial charge in [0.2, 0.25) is 0 Å². The molecule has 0 aliphatic heterocycles. The first kappa shape index (κ1) is 15.4. The molecule has 1 unspecified atom stereocenters. The normalized spacial score (nSPS) is 12.2. The van der Waals surface area contributed by atoms with Crippen LogP contribution in [-0.4, -0.2) is 11.7 Å². The zero-order chi connectivity index (χ0) is 14.5. The van der Waals surface area contributed by atoms with E-state index in [1.54, 1.807) is 0 Å². The summed E-state index contributed by atoms with van der Waals surface area (Å²) in [5, 5.41) is 11.0. The van der Waals surface area contributed by atoms with Gasteiger partial charge in [0.25, 0.3) is 0 Å². The van der Waals surface area contributed by atoms with Crippen molar-refractivity contribution in [2.75, 3.05) is 6.61 Å². The Balaban J connectivity index is 2.10. The molecule has 0 aliphatic carbocycles. The average molecular weight is 356 g/mol. The summed E-state index contributed by atoms with van der Waals surface area (Å²) >= 11 is 9.31. The number of benzene rings is 2. The maximum Gasteiger partial charge on any atom is 0.133 e. The van der Waals surface area contributed by atoms with Crippen LogP contribution in [0.25, 0.3) is 0 Å². The molecule has 0 saturated heterocycles. The van der Waals surface area contributed by atoms with E-state index in [1.807, 2.05) is 49.4 Å². The number of hydrogen-bond acceptors (Lipinski definition) is 2. The fourth-order valence-corrected chi connectivity index (χ4v) is 2.60. The smallest absolute Gasteiger partial charge is 0.133 e. The summed E-state index contributed by atoms with van der Waals surface area (Å²) in [5.41, 5.74) is 1.90. The van der Waals surface area contributed by atoms with Crippen molar-refractivity contribution in [2.45, 2.75) is 19.4 Å². The van der Waals surface area contributed by atoms with E-state index in [0.29, 0.717) is 18.1 Å². The van der Waals surface area contributed by atoms with Crippen molar-refractivity contribution in [3.05, 3.63) is 63.1 Å². The van der Waals surface area contributed by atoms with Crippen LogP contribution in [0.2, 0.25) is 5.02 Å². The van der Waals surface area contributed by atoms with Crippen molar-refractivity contribution >= 4 is 27.5 Å². The van der Waals surface area contributed by atoms with E-state index < -0.39 is 6.10 Å². The van der Waals surface area contributed by atoms with Crippen molar-refractivity contribution < 1.29 is 9.84 Å². The van der Waals surface area contributed by atoms with Crippen molar-refractivity contribution in [1.29, 1.82) is 0 Å². The number of rotatable bonds is 5. The van der Waals surface area contributed by atoms with E-state index in [9.17, 15) is 5.11 Å². The second-order valence-electron chi connectivity index (χ2n) is 4.47.